The summed E-state index contributed by atoms with van der Waals surface area (Å²) in [5.41, 5.74) is 6.27. The van der Waals surface area contributed by atoms with Crippen LogP contribution in [-0.2, 0) is 9.59 Å². The first-order chi connectivity index (χ1) is 13.3. The molecule has 2 rings (SSSR count). The van der Waals surface area contributed by atoms with E-state index < -0.39 is 11.8 Å². The van der Waals surface area contributed by atoms with Crippen LogP contribution in [0.3, 0.4) is 0 Å². The highest BCUT2D eigenvalue weighted by Crippen LogP contribution is 2.16. The van der Waals surface area contributed by atoms with Crippen LogP contribution in [0.5, 0.6) is 0 Å². The van der Waals surface area contributed by atoms with Crippen molar-refractivity contribution < 1.29 is 14.4 Å². The summed E-state index contributed by atoms with van der Waals surface area (Å²) < 4.78 is 0. The van der Waals surface area contributed by atoms with E-state index in [2.05, 4.69) is 16.2 Å². The van der Waals surface area contributed by atoms with E-state index in [0.717, 1.165) is 0 Å². The van der Waals surface area contributed by atoms with E-state index in [0.29, 0.717) is 28.3 Å². The van der Waals surface area contributed by atoms with Crippen molar-refractivity contribution in [1.82, 2.24) is 10.9 Å². The lowest BCUT2D eigenvalue weighted by Crippen LogP contribution is -2.40. The Morgan fingerprint density at radius 3 is 2.32 bits per heavy atom. The summed E-state index contributed by atoms with van der Waals surface area (Å²) in [7, 11) is 0. The van der Waals surface area contributed by atoms with Gasteiger partial charge in [-0.25, -0.2) is 0 Å². The van der Waals surface area contributed by atoms with E-state index in [1.165, 1.54) is 6.08 Å². The third kappa shape index (κ3) is 6.89. The van der Waals surface area contributed by atoms with Crippen LogP contribution in [0.4, 0.5) is 5.69 Å². The molecule has 0 aromatic heterocycles. The predicted octanol–water partition coefficient (Wildman–Crippen LogP) is 3.80. The molecule has 0 aliphatic carbocycles. The number of nitrogens with one attached hydrogen (secondary N) is 3. The fraction of sp³-hybridized carbons (Fsp3) is 0.190. The number of hydrogen-bond donors (Lipinski definition) is 3. The van der Waals surface area contributed by atoms with Gasteiger partial charge in [0.25, 0.3) is 11.8 Å². The Morgan fingerprint density at radius 1 is 1.00 bits per heavy atom. The normalized spacial score (nSPS) is 10.7. The van der Waals surface area contributed by atoms with Crippen molar-refractivity contribution in [1.29, 1.82) is 0 Å². The van der Waals surface area contributed by atoms with Crippen LogP contribution >= 0.6 is 11.6 Å². The van der Waals surface area contributed by atoms with Gasteiger partial charge in [0.15, 0.2) is 0 Å². The Morgan fingerprint density at radius 2 is 1.68 bits per heavy atom. The van der Waals surface area contributed by atoms with Gasteiger partial charge in [-0.15, -0.1) is 0 Å². The second kappa shape index (κ2) is 10.3. The molecule has 0 saturated carbocycles. The lowest BCUT2D eigenvalue weighted by Gasteiger charge is -2.09. The average Bonchev–Trinajstić information content (AvgIpc) is 2.65. The quantitative estimate of drug-likeness (QED) is 0.510. The Hall–Kier alpha value is -3.12. The molecule has 6 nitrogen and oxygen atoms in total. The molecule has 0 saturated heterocycles. The molecule has 0 radical (unpaired) electrons. The number of anilines is 1. The molecular weight excluding hydrogens is 378 g/mol. The second-order valence-electron chi connectivity index (χ2n) is 6.52. The molecule has 0 bridgehead atoms. The third-order valence-corrected chi connectivity index (χ3v) is 3.99. The SMILES string of the molecule is CC(C)CC(=O)Nc1ccc(C(=O)NNC(=O)/C=C/c2ccccc2Cl)cc1. The summed E-state index contributed by atoms with van der Waals surface area (Å²) >= 11 is 6.01. The van der Waals surface area contributed by atoms with E-state index in [-0.39, 0.29) is 11.8 Å². The zero-order valence-corrected chi connectivity index (χ0v) is 16.4. The van der Waals surface area contributed by atoms with Crippen molar-refractivity contribution in [2.75, 3.05) is 5.32 Å². The zero-order chi connectivity index (χ0) is 20.5. The Balaban J connectivity index is 1.85. The Kier molecular flexibility index (Phi) is 7.77. The van der Waals surface area contributed by atoms with Crippen molar-refractivity contribution in [3.63, 3.8) is 0 Å². The van der Waals surface area contributed by atoms with E-state index in [1.54, 1.807) is 54.6 Å². The lowest BCUT2D eigenvalue weighted by atomic mass is 10.1. The van der Waals surface area contributed by atoms with Crippen molar-refractivity contribution in [3.05, 3.63) is 70.8 Å². The van der Waals surface area contributed by atoms with Crippen molar-refractivity contribution in [2.45, 2.75) is 20.3 Å². The van der Waals surface area contributed by atoms with E-state index in [1.807, 2.05) is 13.8 Å². The first kappa shape index (κ1) is 21.2. The summed E-state index contributed by atoms with van der Waals surface area (Å²) in [6.07, 6.45) is 3.25. The highest BCUT2D eigenvalue weighted by Gasteiger charge is 2.08. The molecule has 0 atom stereocenters. The minimum absolute atomic E-state index is 0.0789. The van der Waals surface area contributed by atoms with Gasteiger partial charge in [-0.2, -0.15) is 0 Å². The number of amides is 3. The average molecular weight is 400 g/mol. The molecule has 3 amide bonds. The molecule has 0 fully saturated rings. The molecule has 7 heteroatoms. The van der Waals surface area contributed by atoms with Gasteiger partial charge in [-0.3, -0.25) is 25.2 Å². The van der Waals surface area contributed by atoms with Crippen LogP contribution < -0.4 is 16.2 Å². The molecule has 3 N–H and O–H groups in total. The summed E-state index contributed by atoms with van der Waals surface area (Å²) in [6, 6.07) is 13.5. The minimum Gasteiger partial charge on any atom is -0.326 e. The van der Waals surface area contributed by atoms with Gasteiger partial charge in [-0.1, -0.05) is 43.6 Å². The van der Waals surface area contributed by atoms with Gasteiger partial charge in [0.05, 0.1) is 0 Å². The Bertz CT molecular complexity index is 877. The molecule has 0 heterocycles. The maximum absolute atomic E-state index is 12.1. The number of halogens is 1. The first-order valence-electron chi connectivity index (χ1n) is 8.78. The van der Waals surface area contributed by atoms with E-state index in [9.17, 15) is 14.4 Å². The number of carbonyl (C=O) groups excluding carboxylic acids is 3. The van der Waals surface area contributed by atoms with E-state index in [4.69, 9.17) is 11.6 Å². The molecule has 0 aliphatic heterocycles. The monoisotopic (exact) mass is 399 g/mol. The molecule has 0 unspecified atom stereocenters. The molecule has 2 aromatic carbocycles. The summed E-state index contributed by atoms with van der Waals surface area (Å²) in [5.74, 6) is -0.782. The van der Waals surface area contributed by atoms with Gasteiger partial charge in [0, 0.05) is 28.8 Å². The standard InChI is InChI=1S/C21H22ClN3O3/c1-14(2)13-20(27)23-17-10-7-16(8-11-17)21(28)25-24-19(26)12-9-15-5-3-4-6-18(15)22/h3-12,14H,13H2,1-2H3,(H,23,27)(H,24,26)(H,25,28)/b12-9+. The van der Waals surface area contributed by atoms with Gasteiger partial charge in [-0.05, 0) is 47.9 Å². The second-order valence-corrected chi connectivity index (χ2v) is 6.93. The Labute approximate surface area is 168 Å². The third-order valence-electron chi connectivity index (χ3n) is 3.64. The molecule has 2 aromatic rings. The van der Waals surface area contributed by atoms with E-state index >= 15 is 0 Å². The summed E-state index contributed by atoms with van der Waals surface area (Å²) in [4.78, 5) is 35.7. The highest BCUT2D eigenvalue weighted by atomic mass is 35.5. The fourth-order valence-electron chi connectivity index (χ4n) is 2.30. The maximum atomic E-state index is 12.1. The van der Waals surface area contributed by atoms with Crippen LogP contribution in [0, 0.1) is 5.92 Å². The molecular formula is C21H22ClN3O3. The van der Waals surface area contributed by atoms with Crippen LogP contribution in [-0.4, -0.2) is 17.7 Å². The predicted molar refractivity (Wildman–Crippen MR) is 111 cm³/mol. The number of carbonyl (C=O) groups is 3. The van der Waals surface area contributed by atoms with Crippen molar-refractivity contribution in [2.24, 2.45) is 5.92 Å². The molecule has 146 valence electrons. The molecule has 0 aliphatic rings. The fourth-order valence-corrected chi connectivity index (χ4v) is 2.49. The van der Waals surface area contributed by atoms with Gasteiger partial charge in [0.1, 0.15) is 0 Å². The maximum Gasteiger partial charge on any atom is 0.269 e. The van der Waals surface area contributed by atoms with Crippen LogP contribution in [0.1, 0.15) is 36.2 Å². The van der Waals surface area contributed by atoms with Crippen LogP contribution in [0.2, 0.25) is 5.02 Å². The van der Waals surface area contributed by atoms with Crippen molar-refractivity contribution >= 4 is 41.1 Å². The van der Waals surface area contributed by atoms with Gasteiger partial charge < -0.3 is 5.32 Å². The highest BCUT2D eigenvalue weighted by molar-refractivity contribution is 6.32. The van der Waals surface area contributed by atoms with Gasteiger partial charge >= 0.3 is 0 Å². The number of hydrogen-bond acceptors (Lipinski definition) is 3. The molecule has 28 heavy (non-hydrogen) atoms. The summed E-state index contributed by atoms with van der Waals surface area (Å²) in [6.45, 7) is 3.93. The van der Waals surface area contributed by atoms with Gasteiger partial charge in [0.2, 0.25) is 5.91 Å². The van der Waals surface area contributed by atoms with Crippen molar-refractivity contribution in [3.8, 4) is 0 Å². The minimum atomic E-state index is -0.495. The molecule has 0 spiro atoms. The summed E-state index contributed by atoms with van der Waals surface area (Å²) in [5, 5.41) is 3.29. The lowest BCUT2D eigenvalue weighted by molar-refractivity contribution is -0.117. The topological polar surface area (TPSA) is 87.3 Å². The van der Waals surface area contributed by atoms with Crippen LogP contribution in [0.25, 0.3) is 6.08 Å². The van der Waals surface area contributed by atoms with Crippen LogP contribution in [0.15, 0.2) is 54.6 Å². The smallest absolute Gasteiger partial charge is 0.269 e. The number of benzene rings is 2. The number of rotatable bonds is 6. The largest absolute Gasteiger partial charge is 0.326 e. The zero-order valence-electron chi connectivity index (χ0n) is 15.7. The first-order valence-corrected chi connectivity index (χ1v) is 9.16. The number of hydrazine groups is 1.